The minimum Gasteiger partial charge on any atom is -0.481 e. The smallest absolute Gasteiger partial charge is 0.307 e. The molecule has 0 fully saturated rings. The molecule has 0 aliphatic rings. The zero-order valence-electron chi connectivity index (χ0n) is 8.14. The first-order valence-corrected chi connectivity index (χ1v) is 4.93. The summed E-state index contributed by atoms with van der Waals surface area (Å²) < 4.78 is 5.15. The molecule has 0 aliphatic heterocycles. The first-order chi connectivity index (χ1) is 7.66. The molecule has 1 aromatic heterocycles. The molecule has 0 spiro atoms. The molecule has 0 radical (unpaired) electrons. The number of hydrogen-bond acceptors (Lipinski definition) is 4. The number of carbonyl (C=O) groups is 1. The van der Waals surface area contributed by atoms with Gasteiger partial charge in [-0.15, -0.1) is 5.10 Å². The summed E-state index contributed by atoms with van der Waals surface area (Å²) in [5.41, 5.74) is 1.28. The first-order valence-electron chi connectivity index (χ1n) is 4.52. The summed E-state index contributed by atoms with van der Waals surface area (Å²) in [4.78, 5) is 10.8. The van der Waals surface area contributed by atoms with Gasteiger partial charge in [-0.1, -0.05) is 18.2 Å². The van der Waals surface area contributed by atoms with Gasteiger partial charge in [-0.25, -0.2) is 5.10 Å². The Kier molecular flexibility index (Phi) is 2.82. The van der Waals surface area contributed by atoms with Gasteiger partial charge in [-0.05, 0) is 23.8 Å². The summed E-state index contributed by atoms with van der Waals surface area (Å²) in [6.45, 7) is 0. The van der Waals surface area contributed by atoms with Crippen LogP contribution in [0.5, 0.6) is 0 Å². The number of aromatic nitrogens is 2. The maximum atomic E-state index is 10.7. The van der Waals surface area contributed by atoms with E-state index in [-0.39, 0.29) is 11.3 Å². The Hall–Kier alpha value is -1.95. The number of hydrogen-bond donors (Lipinski definition) is 2. The van der Waals surface area contributed by atoms with Gasteiger partial charge in [0.2, 0.25) is 5.89 Å². The van der Waals surface area contributed by atoms with Gasteiger partial charge in [0.05, 0.1) is 6.42 Å². The first kappa shape index (κ1) is 10.6. The van der Waals surface area contributed by atoms with Crippen LogP contribution in [-0.4, -0.2) is 21.3 Å². The number of carboxylic acid groups (broad SMARTS) is 1. The molecule has 82 valence electrons. The van der Waals surface area contributed by atoms with E-state index in [0.29, 0.717) is 17.0 Å². The third-order valence-electron chi connectivity index (χ3n) is 2.03. The second-order valence-electron chi connectivity index (χ2n) is 3.15. The Morgan fingerprint density at radius 2 is 2.25 bits per heavy atom. The van der Waals surface area contributed by atoms with E-state index in [4.69, 9.17) is 21.7 Å². The number of aliphatic carboxylic acids is 1. The topological polar surface area (TPSA) is 79.1 Å². The predicted molar refractivity (Wildman–Crippen MR) is 58.5 cm³/mol. The van der Waals surface area contributed by atoms with Crippen molar-refractivity contribution in [1.82, 2.24) is 10.2 Å². The van der Waals surface area contributed by atoms with Gasteiger partial charge in [-0.3, -0.25) is 4.79 Å². The minimum absolute atomic E-state index is 0.0781. The van der Waals surface area contributed by atoms with Crippen molar-refractivity contribution < 1.29 is 14.3 Å². The van der Waals surface area contributed by atoms with Crippen LogP contribution in [0, 0.1) is 4.84 Å². The van der Waals surface area contributed by atoms with Crippen molar-refractivity contribution in [1.29, 1.82) is 0 Å². The van der Waals surface area contributed by atoms with Crippen molar-refractivity contribution in [2.24, 2.45) is 0 Å². The quantitative estimate of drug-likeness (QED) is 0.797. The molecule has 2 rings (SSSR count). The molecule has 1 aromatic carbocycles. The standard InChI is InChI=1S/C10H8N2O3S/c13-8(14)5-6-3-1-2-4-7(6)9-11-12-10(16)15-9/h1-4H,5H2,(H,12,16)(H,13,14). The Bertz CT molecular complexity index is 573. The Morgan fingerprint density at radius 1 is 1.50 bits per heavy atom. The fourth-order valence-electron chi connectivity index (χ4n) is 1.39. The lowest BCUT2D eigenvalue weighted by molar-refractivity contribution is -0.136. The predicted octanol–water partition coefficient (Wildman–Crippen LogP) is 2.03. The van der Waals surface area contributed by atoms with Gasteiger partial charge in [0.15, 0.2) is 0 Å². The highest BCUT2D eigenvalue weighted by Gasteiger charge is 2.11. The van der Waals surface area contributed by atoms with Crippen molar-refractivity contribution in [2.45, 2.75) is 6.42 Å². The number of H-pyrrole nitrogens is 1. The lowest BCUT2D eigenvalue weighted by Crippen LogP contribution is -2.01. The molecule has 2 aromatic rings. The third kappa shape index (κ3) is 2.17. The average molecular weight is 236 g/mol. The lowest BCUT2D eigenvalue weighted by atomic mass is 10.0. The molecule has 0 amide bonds. The zero-order chi connectivity index (χ0) is 11.5. The molecule has 0 unspecified atom stereocenters. The maximum absolute atomic E-state index is 10.7. The van der Waals surface area contributed by atoms with Crippen LogP contribution in [0.25, 0.3) is 11.5 Å². The summed E-state index contributed by atoms with van der Waals surface area (Å²) >= 11 is 4.76. The molecule has 0 saturated heterocycles. The number of nitrogens with one attached hydrogen (secondary N) is 1. The van der Waals surface area contributed by atoms with Gasteiger partial charge in [0, 0.05) is 5.56 Å². The van der Waals surface area contributed by atoms with Crippen LogP contribution in [0.4, 0.5) is 0 Å². The summed E-state index contributed by atoms with van der Waals surface area (Å²) in [6, 6.07) is 7.01. The fourth-order valence-corrected chi connectivity index (χ4v) is 1.52. The molecule has 1 heterocycles. The van der Waals surface area contributed by atoms with Crippen LogP contribution in [0.2, 0.25) is 0 Å². The summed E-state index contributed by atoms with van der Waals surface area (Å²) in [7, 11) is 0. The molecular weight excluding hydrogens is 228 g/mol. The van der Waals surface area contributed by atoms with Crippen molar-refractivity contribution in [3.8, 4) is 11.5 Å². The fraction of sp³-hybridized carbons (Fsp3) is 0.100. The minimum atomic E-state index is -0.901. The highest BCUT2D eigenvalue weighted by molar-refractivity contribution is 7.71. The third-order valence-corrected chi connectivity index (χ3v) is 2.20. The molecule has 0 aliphatic carbocycles. The van der Waals surface area contributed by atoms with Crippen molar-refractivity contribution in [3.63, 3.8) is 0 Å². The van der Waals surface area contributed by atoms with Gasteiger partial charge < -0.3 is 9.52 Å². The number of aromatic amines is 1. The largest absolute Gasteiger partial charge is 0.481 e. The molecule has 5 nitrogen and oxygen atoms in total. The average Bonchev–Trinajstić information content (AvgIpc) is 2.65. The van der Waals surface area contributed by atoms with Gasteiger partial charge in [0.25, 0.3) is 4.84 Å². The number of benzene rings is 1. The second kappa shape index (κ2) is 4.28. The van der Waals surface area contributed by atoms with Crippen LogP contribution >= 0.6 is 12.2 Å². The van der Waals surface area contributed by atoms with E-state index in [2.05, 4.69) is 10.2 Å². The van der Waals surface area contributed by atoms with Gasteiger partial charge in [0.1, 0.15) is 0 Å². The molecule has 0 saturated carbocycles. The van der Waals surface area contributed by atoms with E-state index in [1.807, 2.05) is 0 Å². The Labute approximate surface area is 95.7 Å². The number of nitrogens with zero attached hydrogens (tertiary/aromatic N) is 1. The van der Waals surface area contributed by atoms with Crippen molar-refractivity contribution in [2.75, 3.05) is 0 Å². The van der Waals surface area contributed by atoms with Crippen LogP contribution < -0.4 is 0 Å². The van der Waals surface area contributed by atoms with Crippen LogP contribution in [-0.2, 0) is 11.2 Å². The monoisotopic (exact) mass is 236 g/mol. The van der Waals surface area contributed by atoms with E-state index in [0.717, 1.165) is 0 Å². The lowest BCUT2D eigenvalue weighted by Gasteiger charge is -2.02. The highest BCUT2D eigenvalue weighted by Crippen LogP contribution is 2.21. The molecule has 0 atom stereocenters. The molecule has 16 heavy (non-hydrogen) atoms. The Balaban J connectivity index is 2.47. The maximum Gasteiger partial charge on any atom is 0.307 e. The SMILES string of the molecule is O=C(O)Cc1ccccc1-c1n[nH]c(=S)o1. The summed E-state index contributed by atoms with van der Waals surface area (Å²) in [5.74, 6) is -0.594. The van der Waals surface area contributed by atoms with E-state index in [1.54, 1.807) is 24.3 Å². The van der Waals surface area contributed by atoms with E-state index >= 15 is 0 Å². The van der Waals surface area contributed by atoms with Gasteiger partial charge in [-0.2, -0.15) is 0 Å². The summed E-state index contributed by atoms with van der Waals surface area (Å²) in [6.07, 6.45) is -0.0781. The van der Waals surface area contributed by atoms with E-state index < -0.39 is 5.97 Å². The normalized spacial score (nSPS) is 10.2. The van der Waals surface area contributed by atoms with Crippen LogP contribution in [0.1, 0.15) is 5.56 Å². The zero-order valence-corrected chi connectivity index (χ0v) is 8.95. The molecule has 6 heteroatoms. The van der Waals surface area contributed by atoms with Crippen molar-refractivity contribution in [3.05, 3.63) is 34.7 Å². The van der Waals surface area contributed by atoms with E-state index in [1.165, 1.54) is 0 Å². The van der Waals surface area contributed by atoms with Crippen LogP contribution in [0.3, 0.4) is 0 Å². The Morgan fingerprint density at radius 3 is 2.88 bits per heavy atom. The van der Waals surface area contributed by atoms with Gasteiger partial charge >= 0.3 is 5.97 Å². The van der Waals surface area contributed by atoms with Crippen molar-refractivity contribution >= 4 is 18.2 Å². The molecule has 0 bridgehead atoms. The van der Waals surface area contributed by atoms with E-state index in [9.17, 15) is 4.79 Å². The second-order valence-corrected chi connectivity index (χ2v) is 3.52. The summed E-state index contributed by atoms with van der Waals surface area (Å²) in [5, 5.41) is 15.1. The number of carboxylic acids is 1. The van der Waals surface area contributed by atoms with Crippen LogP contribution in [0.15, 0.2) is 28.7 Å². The molecular formula is C10H8N2O3S. The number of rotatable bonds is 3. The highest BCUT2D eigenvalue weighted by atomic mass is 32.1. The molecule has 2 N–H and O–H groups in total.